The van der Waals surface area contributed by atoms with Gasteiger partial charge in [0.25, 0.3) is 11.1 Å². The third-order valence-corrected chi connectivity index (χ3v) is 5.28. The second-order valence-corrected chi connectivity index (χ2v) is 7.32. The molecule has 124 valence electrons. The molecule has 1 saturated heterocycles. The normalized spacial score (nSPS) is 16.4. The number of thioether (sulfide) groups is 1. The monoisotopic (exact) mass is 413 g/mol. The summed E-state index contributed by atoms with van der Waals surface area (Å²) in [4.78, 5) is 26.6. The molecule has 0 atom stereocenters. The fourth-order valence-electron chi connectivity index (χ4n) is 2.77. The number of furan rings is 1. The molecule has 25 heavy (non-hydrogen) atoms. The molecular weight excluding hydrogens is 402 g/mol. The SMILES string of the molecule is O=C1S/C(=C/c2ccc(Br)o2)C(=O)N1Cc1cccc2ccccc12. The summed E-state index contributed by atoms with van der Waals surface area (Å²) >= 11 is 4.16. The molecule has 0 aliphatic carbocycles. The van der Waals surface area contributed by atoms with Crippen LogP contribution in [0.5, 0.6) is 0 Å². The molecular formula is C19H12BrNO3S. The quantitative estimate of drug-likeness (QED) is 0.537. The van der Waals surface area contributed by atoms with Crippen LogP contribution in [0.4, 0.5) is 4.79 Å². The molecule has 2 aromatic carbocycles. The van der Waals surface area contributed by atoms with E-state index in [4.69, 9.17) is 4.42 Å². The first kappa shape index (κ1) is 16.2. The summed E-state index contributed by atoms with van der Waals surface area (Å²) in [6.07, 6.45) is 1.60. The maximum Gasteiger partial charge on any atom is 0.293 e. The summed E-state index contributed by atoms with van der Waals surface area (Å²) < 4.78 is 5.96. The minimum absolute atomic E-state index is 0.255. The van der Waals surface area contributed by atoms with Gasteiger partial charge in [0.2, 0.25) is 0 Å². The number of rotatable bonds is 3. The van der Waals surface area contributed by atoms with Crippen molar-refractivity contribution in [1.82, 2.24) is 4.90 Å². The Bertz CT molecular complexity index is 1020. The Morgan fingerprint density at radius 1 is 1.04 bits per heavy atom. The van der Waals surface area contributed by atoms with E-state index in [1.165, 1.54) is 4.90 Å². The van der Waals surface area contributed by atoms with Gasteiger partial charge in [-0.3, -0.25) is 14.5 Å². The van der Waals surface area contributed by atoms with Crippen LogP contribution in [0.15, 0.2) is 68.6 Å². The standard InChI is InChI=1S/C19H12BrNO3S/c20-17-9-8-14(24-17)10-16-18(22)21(19(23)25-16)11-13-6-3-5-12-4-1-2-7-15(12)13/h1-10H,11H2/b16-10+. The van der Waals surface area contributed by atoms with Crippen molar-refractivity contribution in [2.75, 3.05) is 0 Å². The van der Waals surface area contributed by atoms with Crippen molar-refractivity contribution in [3.8, 4) is 0 Å². The molecule has 1 aliphatic heterocycles. The van der Waals surface area contributed by atoms with Crippen LogP contribution in [-0.2, 0) is 11.3 Å². The highest BCUT2D eigenvalue weighted by Crippen LogP contribution is 2.34. The molecule has 0 radical (unpaired) electrons. The highest BCUT2D eigenvalue weighted by Gasteiger charge is 2.35. The third-order valence-electron chi connectivity index (χ3n) is 3.95. The number of hydrogen-bond donors (Lipinski definition) is 0. The molecule has 0 spiro atoms. The lowest BCUT2D eigenvalue weighted by atomic mass is 10.0. The summed E-state index contributed by atoms with van der Waals surface area (Å²) in [7, 11) is 0. The molecule has 2 amide bonds. The zero-order valence-electron chi connectivity index (χ0n) is 12.9. The van der Waals surface area contributed by atoms with Crippen LogP contribution in [0.3, 0.4) is 0 Å². The van der Waals surface area contributed by atoms with Gasteiger partial charge < -0.3 is 4.42 Å². The molecule has 4 nitrogen and oxygen atoms in total. The van der Waals surface area contributed by atoms with E-state index in [-0.39, 0.29) is 17.7 Å². The Morgan fingerprint density at radius 3 is 2.64 bits per heavy atom. The second-order valence-electron chi connectivity index (χ2n) is 5.55. The zero-order chi connectivity index (χ0) is 17.4. The summed E-state index contributed by atoms with van der Waals surface area (Å²) in [5.41, 5.74) is 0.947. The Hall–Kier alpha value is -2.31. The molecule has 0 unspecified atom stereocenters. The van der Waals surface area contributed by atoms with Crippen molar-refractivity contribution >= 4 is 55.7 Å². The molecule has 0 bridgehead atoms. The molecule has 1 aromatic heterocycles. The smallest absolute Gasteiger partial charge is 0.293 e. The number of carbonyl (C=O) groups excluding carboxylic acids is 2. The first-order valence-corrected chi connectivity index (χ1v) is 9.20. The Morgan fingerprint density at radius 2 is 1.84 bits per heavy atom. The van der Waals surface area contributed by atoms with Gasteiger partial charge in [-0.15, -0.1) is 0 Å². The van der Waals surface area contributed by atoms with Crippen LogP contribution < -0.4 is 0 Å². The lowest BCUT2D eigenvalue weighted by Gasteiger charge is -2.14. The molecule has 1 fully saturated rings. The molecule has 3 aromatic rings. The number of carbonyl (C=O) groups is 2. The Balaban J connectivity index is 1.63. The van der Waals surface area contributed by atoms with Crippen LogP contribution >= 0.6 is 27.7 Å². The van der Waals surface area contributed by atoms with Gasteiger partial charge in [-0.1, -0.05) is 42.5 Å². The summed E-state index contributed by atoms with van der Waals surface area (Å²) in [6, 6.07) is 17.3. The van der Waals surface area contributed by atoms with E-state index in [0.717, 1.165) is 28.1 Å². The van der Waals surface area contributed by atoms with E-state index in [1.807, 2.05) is 42.5 Å². The van der Waals surface area contributed by atoms with Gasteiger partial charge in [0, 0.05) is 6.08 Å². The predicted molar refractivity (Wildman–Crippen MR) is 102 cm³/mol. The predicted octanol–water partition coefficient (Wildman–Crippen LogP) is 5.43. The van der Waals surface area contributed by atoms with Crippen LogP contribution in [0.1, 0.15) is 11.3 Å². The fraction of sp³-hybridized carbons (Fsp3) is 0.0526. The average Bonchev–Trinajstić information content (AvgIpc) is 3.13. The number of amides is 2. The number of halogens is 1. The van der Waals surface area contributed by atoms with Gasteiger partial charge in [-0.05, 0) is 56.2 Å². The van der Waals surface area contributed by atoms with Gasteiger partial charge in [-0.2, -0.15) is 0 Å². The van der Waals surface area contributed by atoms with Crippen molar-refractivity contribution in [1.29, 1.82) is 0 Å². The lowest BCUT2D eigenvalue weighted by Crippen LogP contribution is -2.27. The van der Waals surface area contributed by atoms with E-state index in [2.05, 4.69) is 15.9 Å². The van der Waals surface area contributed by atoms with Crippen molar-refractivity contribution < 1.29 is 14.0 Å². The maximum atomic E-state index is 12.6. The van der Waals surface area contributed by atoms with Crippen LogP contribution in [0.2, 0.25) is 0 Å². The number of hydrogen-bond acceptors (Lipinski definition) is 4. The first-order chi connectivity index (χ1) is 12.1. The van der Waals surface area contributed by atoms with Gasteiger partial charge in [0.15, 0.2) is 4.67 Å². The largest absolute Gasteiger partial charge is 0.450 e. The summed E-state index contributed by atoms with van der Waals surface area (Å²) in [5.74, 6) is 0.234. The average molecular weight is 414 g/mol. The van der Waals surface area contributed by atoms with Crippen molar-refractivity contribution in [2.24, 2.45) is 0 Å². The second kappa shape index (κ2) is 6.54. The summed E-state index contributed by atoms with van der Waals surface area (Å²) in [5, 5.41) is 1.86. The summed E-state index contributed by atoms with van der Waals surface area (Å²) in [6.45, 7) is 0.255. The highest BCUT2D eigenvalue weighted by molar-refractivity contribution is 9.10. The number of imide groups is 1. The number of benzene rings is 2. The minimum atomic E-state index is -0.296. The van der Waals surface area contributed by atoms with E-state index in [1.54, 1.807) is 18.2 Å². The van der Waals surface area contributed by atoms with E-state index < -0.39 is 0 Å². The van der Waals surface area contributed by atoms with Crippen LogP contribution in [0, 0.1) is 0 Å². The minimum Gasteiger partial charge on any atom is -0.450 e. The highest BCUT2D eigenvalue weighted by atomic mass is 79.9. The fourth-order valence-corrected chi connectivity index (χ4v) is 3.91. The number of nitrogens with zero attached hydrogens (tertiary/aromatic N) is 1. The first-order valence-electron chi connectivity index (χ1n) is 7.59. The molecule has 0 saturated carbocycles. The van der Waals surface area contributed by atoms with E-state index in [0.29, 0.717) is 15.3 Å². The van der Waals surface area contributed by atoms with Crippen molar-refractivity contribution in [3.05, 3.63) is 75.5 Å². The molecule has 1 aliphatic rings. The van der Waals surface area contributed by atoms with Crippen molar-refractivity contribution in [3.63, 3.8) is 0 Å². The van der Waals surface area contributed by atoms with Gasteiger partial charge in [0.05, 0.1) is 11.4 Å². The molecule has 6 heteroatoms. The van der Waals surface area contributed by atoms with Crippen LogP contribution in [0.25, 0.3) is 16.8 Å². The topological polar surface area (TPSA) is 50.5 Å². The Kier molecular flexibility index (Phi) is 4.23. The van der Waals surface area contributed by atoms with E-state index in [9.17, 15) is 9.59 Å². The zero-order valence-corrected chi connectivity index (χ0v) is 15.3. The molecule has 2 heterocycles. The number of fused-ring (bicyclic) bond motifs is 1. The Labute approximate surface area is 156 Å². The molecule has 4 rings (SSSR count). The van der Waals surface area contributed by atoms with Crippen molar-refractivity contribution in [2.45, 2.75) is 6.54 Å². The third kappa shape index (κ3) is 3.15. The lowest BCUT2D eigenvalue weighted by molar-refractivity contribution is -0.123. The maximum absolute atomic E-state index is 12.6. The molecule has 0 N–H and O–H groups in total. The van der Waals surface area contributed by atoms with E-state index >= 15 is 0 Å². The van der Waals surface area contributed by atoms with Gasteiger partial charge in [0.1, 0.15) is 5.76 Å². The van der Waals surface area contributed by atoms with Gasteiger partial charge >= 0.3 is 0 Å². The van der Waals surface area contributed by atoms with Crippen LogP contribution in [-0.4, -0.2) is 16.0 Å². The van der Waals surface area contributed by atoms with Gasteiger partial charge in [-0.25, -0.2) is 0 Å².